The number of ether oxygens (including phenoxy) is 1. The van der Waals surface area contributed by atoms with Gasteiger partial charge in [0.1, 0.15) is 5.75 Å². The SMILES string of the molecule is N=C(N)Nc1cccc(C=CC(=O)c2cccc(OCC(=O)O)c2)c1. The molecule has 0 aliphatic carbocycles. The summed E-state index contributed by atoms with van der Waals surface area (Å²) in [7, 11) is 0. The van der Waals surface area contributed by atoms with Crippen LogP contribution in [0.5, 0.6) is 5.75 Å². The molecule has 0 aliphatic heterocycles. The first kappa shape index (κ1) is 17.7. The number of hydrogen-bond acceptors (Lipinski definition) is 4. The molecule has 0 spiro atoms. The molecule has 7 heteroatoms. The summed E-state index contributed by atoms with van der Waals surface area (Å²) in [5.41, 5.74) is 7.07. The zero-order valence-electron chi connectivity index (χ0n) is 13.2. The second-order valence-corrected chi connectivity index (χ2v) is 5.07. The van der Waals surface area contributed by atoms with Gasteiger partial charge in [0, 0.05) is 11.3 Å². The number of benzene rings is 2. The Balaban J connectivity index is 2.08. The molecule has 2 aromatic rings. The van der Waals surface area contributed by atoms with Crippen molar-refractivity contribution in [1.82, 2.24) is 0 Å². The lowest BCUT2D eigenvalue weighted by Gasteiger charge is -2.05. The predicted molar refractivity (Wildman–Crippen MR) is 94.9 cm³/mol. The van der Waals surface area contributed by atoms with Crippen LogP contribution < -0.4 is 15.8 Å². The van der Waals surface area contributed by atoms with Gasteiger partial charge >= 0.3 is 5.97 Å². The molecule has 0 saturated carbocycles. The van der Waals surface area contributed by atoms with E-state index in [1.807, 2.05) is 6.07 Å². The van der Waals surface area contributed by atoms with Crippen LogP contribution in [0.1, 0.15) is 15.9 Å². The number of rotatable bonds is 7. The lowest BCUT2D eigenvalue weighted by molar-refractivity contribution is -0.139. The topological polar surface area (TPSA) is 126 Å². The van der Waals surface area contributed by atoms with Gasteiger partial charge in [-0.2, -0.15) is 0 Å². The number of ketones is 1. The average molecular weight is 339 g/mol. The van der Waals surface area contributed by atoms with Gasteiger partial charge in [0.2, 0.25) is 0 Å². The molecule has 128 valence electrons. The summed E-state index contributed by atoms with van der Waals surface area (Å²) in [5, 5.41) is 18.5. The van der Waals surface area contributed by atoms with Crippen molar-refractivity contribution in [3.63, 3.8) is 0 Å². The number of carboxylic acid groups (broad SMARTS) is 1. The van der Waals surface area contributed by atoms with Crippen molar-refractivity contribution in [3.05, 3.63) is 65.7 Å². The van der Waals surface area contributed by atoms with Crippen LogP contribution in [0.15, 0.2) is 54.6 Å². The standard InChI is InChI=1S/C18H17N3O4/c19-18(20)21-14-5-1-3-12(9-14)7-8-16(22)13-4-2-6-15(10-13)25-11-17(23)24/h1-10H,11H2,(H,23,24)(H4,19,20,21). The third-order valence-electron chi connectivity index (χ3n) is 3.07. The number of nitrogens with two attached hydrogens (primary N) is 1. The first-order chi connectivity index (χ1) is 11.9. The van der Waals surface area contributed by atoms with Gasteiger partial charge in [-0.05, 0) is 35.9 Å². The van der Waals surface area contributed by atoms with Crippen LogP contribution in [-0.2, 0) is 4.79 Å². The predicted octanol–water partition coefficient (Wildman–Crippen LogP) is 2.35. The van der Waals surface area contributed by atoms with Gasteiger partial charge in [0.15, 0.2) is 18.3 Å². The van der Waals surface area contributed by atoms with E-state index in [2.05, 4.69) is 5.32 Å². The van der Waals surface area contributed by atoms with E-state index in [9.17, 15) is 9.59 Å². The van der Waals surface area contributed by atoms with E-state index >= 15 is 0 Å². The minimum Gasteiger partial charge on any atom is -0.482 e. The fourth-order valence-corrected chi connectivity index (χ4v) is 2.03. The molecule has 2 rings (SSSR count). The van der Waals surface area contributed by atoms with Crippen molar-refractivity contribution in [1.29, 1.82) is 5.41 Å². The molecule has 0 fully saturated rings. The molecule has 0 aromatic heterocycles. The van der Waals surface area contributed by atoms with Crippen molar-refractivity contribution in [2.24, 2.45) is 5.73 Å². The molecule has 0 atom stereocenters. The minimum absolute atomic E-state index is 0.171. The molecule has 0 amide bonds. The van der Waals surface area contributed by atoms with Gasteiger partial charge in [-0.25, -0.2) is 4.79 Å². The number of allylic oxidation sites excluding steroid dienone is 1. The monoisotopic (exact) mass is 339 g/mol. The smallest absolute Gasteiger partial charge is 0.341 e. The highest BCUT2D eigenvalue weighted by Gasteiger charge is 2.05. The van der Waals surface area contributed by atoms with Gasteiger partial charge in [0.25, 0.3) is 0 Å². The summed E-state index contributed by atoms with van der Waals surface area (Å²) in [6, 6.07) is 13.4. The van der Waals surface area contributed by atoms with Crippen LogP contribution in [0.2, 0.25) is 0 Å². The Labute approximate surface area is 144 Å². The van der Waals surface area contributed by atoms with Crippen molar-refractivity contribution < 1.29 is 19.4 Å². The van der Waals surface area contributed by atoms with Gasteiger partial charge in [-0.3, -0.25) is 10.2 Å². The Morgan fingerprint density at radius 3 is 2.68 bits per heavy atom. The van der Waals surface area contributed by atoms with E-state index in [-0.39, 0.29) is 11.7 Å². The number of anilines is 1. The van der Waals surface area contributed by atoms with Crippen molar-refractivity contribution in [3.8, 4) is 5.75 Å². The molecule has 0 saturated heterocycles. The highest BCUT2D eigenvalue weighted by molar-refractivity contribution is 6.07. The largest absolute Gasteiger partial charge is 0.482 e. The molecule has 0 unspecified atom stereocenters. The van der Waals surface area contributed by atoms with E-state index in [1.165, 1.54) is 12.1 Å². The second-order valence-electron chi connectivity index (χ2n) is 5.07. The molecule has 0 aliphatic rings. The van der Waals surface area contributed by atoms with Gasteiger partial charge < -0.3 is 20.9 Å². The Kier molecular flexibility index (Phi) is 5.89. The Morgan fingerprint density at radius 2 is 1.96 bits per heavy atom. The number of hydrogen-bond donors (Lipinski definition) is 4. The summed E-state index contributed by atoms with van der Waals surface area (Å²) in [6.07, 6.45) is 3.04. The molecule has 0 bridgehead atoms. The molecule has 25 heavy (non-hydrogen) atoms. The van der Waals surface area contributed by atoms with E-state index in [0.29, 0.717) is 17.0 Å². The lowest BCUT2D eigenvalue weighted by Crippen LogP contribution is -2.20. The van der Waals surface area contributed by atoms with Crippen LogP contribution in [0.4, 0.5) is 5.69 Å². The van der Waals surface area contributed by atoms with E-state index < -0.39 is 12.6 Å². The Bertz CT molecular complexity index is 831. The van der Waals surface area contributed by atoms with Crippen LogP contribution in [-0.4, -0.2) is 29.4 Å². The van der Waals surface area contributed by atoms with E-state index in [4.69, 9.17) is 21.0 Å². The number of carboxylic acids is 1. The van der Waals surface area contributed by atoms with Gasteiger partial charge in [-0.15, -0.1) is 0 Å². The quantitative estimate of drug-likeness (QED) is 0.265. The number of carbonyl (C=O) groups excluding carboxylic acids is 1. The Hall–Kier alpha value is -3.61. The minimum atomic E-state index is -1.09. The number of aliphatic carboxylic acids is 1. The summed E-state index contributed by atoms with van der Waals surface area (Å²) >= 11 is 0. The van der Waals surface area contributed by atoms with Crippen molar-refractivity contribution >= 4 is 29.5 Å². The Morgan fingerprint density at radius 1 is 1.20 bits per heavy atom. The van der Waals surface area contributed by atoms with Crippen LogP contribution in [0.3, 0.4) is 0 Å². The average Bonchev–Trinajstić information content (AvgIpc) is 2.58. The fraction of sp³-hybridized carbons (Fsp3) is 0.0556. The van der Waals surface area contributed by atoms with Crippen molar-refractivity contribution in [2.45, 2.75) is 0 Å². The molecular formula is C18H17N3O4. The first-order valence-electron chi connectivity index (χ1n) is 7.32. The first-order valence-corrected chi connectivity index (χ1v) is 7.32. The van der Waals surface area contributed by atoms with Gasteiger partial charge in [0.05, 0.1) is 0 Å². The van der Waals surface area contributed by atoms with E-state index in [1.54, 1.807) is 42.5 Å². The van der Waals surface area contributed by atoms with Crippen molar-refractivity contribution in [2.75, 3.05) is 11.9 Å². The van der Waals surface area contributed by atoms with Crippen LogP contribution >= 0.6 is 0 Å². The third kappa shape index (κ3) is 5.83. The summed E-state index contributed by atoms with van der Waals surface area (Å²) < 4.78 is 5.06. The lowest BCUT2D eigenvalue weighted by atomic mass is 10.1. The zero-order valence-corrected chi connectivity index (χ0v) is 13.2. The second kappa shape index (κ2) is 8.30. The third-order valence-corrected chi connectivity index (χ3v) is 3.07. The maximum Gasteiger partial charge on any atom is 0.341 e. The fourth-order valence-electron chi connectivity index (χ4n) is 2.03. The molecule has 5 N–H and O–H groups in total. The number of nitrogens with one attached hydrogen (secondary N) is 2. The number of guanidine groups is 1. The molecular weight excluding hydrogens is 322 g/mol. The summed E-state index contributed by atoms with van der Waals surface area (Å²) in [6.45, 7) is -0.469. The highest BCUT2D eigenvalue weighted by atomic mass is 16.5. The highest BCUT2D eigenvalue weighted by Crippen LogP contribution is 2.16. The number of carbonyl (C=O) groups is 2. The summed E-state index contributed by atoms with van der Waals surface area (Å²) in [5.74, 6) is -1.19. The van der Waals surface area contributed by atoms with Gasteiger partial charge in [-0.1, -0.05) is 30.3 Å². The van der Waals surface area contributed by atoms with Crippen LogP contribution in [0.25, 0.3) is 6.08 Å². The summed E-state index contributed by atoms with van der Waals surface area (Å²) in [4.78, 5) is 22.8. The molecule has 0 heterocycles. The zero-order chi connectivity index (χ0) is 18.2. The maximum atomic E-state index is 12.2. The molecule has 7 nitrogen and oxygen atoms in total. The molecule has 0 radical (unpaired) electrons. The van der Waals surface area contributed by atoms with Crippen LogP contribution in [0, 0.1) is 5.41 Å². The normalized spacial score (nSPS) is 10.4. The maximum absolute atomic E-state index is 12.2. The van der Waals surface area contributed by atoms with E-state index in [0.717, 1.165) is 5.56 Å². The molecule has 2 aromatic carbocycles.